The van der Waals surface area contributed by atoms with E-state index in [2.05, 4.69) is 49.1 Å². The maximum absolute atomic E-state index is 5.20. The van der Waals surface area contributed by atoms with Gasteiger partial charge in [0.25, 0.3) is 0 Å². The van der Waals surface area contributed by atoms with Gasteiger partial charge in [0.2, 0.25) is 0 Å². The van der Waals surface area contributed by atoms with Crippen LogP contribution in [0.4, 0.5) is 5.69 Å². The van der Waals surface area contributed by atoms with Crippen molar-refractivity contribution in [2.45, 2.75) is 19.8 Å². The van der Waals surface area contributed by atoms with E-state index < -0.39 is 0 Å². The van der Waals surface area contributed by atoms with Gasteiger partial charge in [-0.1, -0.05) is 17.7 Å². The Morgan fingerprint density at radius 3 is 2.50 bits per heavy atom. The minimum absolute atomic E-state index is 0.857. The van der Waals surface area contributed by atoms with Gasteiger partial charge in [-0.05, 0) is 25.5 Å². The fourth-order valence-corrected chi connectivity index (χ4v) is 1.35. The smallest absolute Gasteiger partial charge is 0.0363 e. The Labute approximate surface area is 86.7 Å². The summed E-state index contributed by atoms with van der Waals surface area (Å²) in [6.07, 6.45) is 7.12. The second-order valence-corrected chi connectivity index (χ2v) is 3.56. The highest BCUT2D eigenvalue weighted by Gasteiger charge is 1.98. The van der Waals surface area contributed by atoms with Crippen molar-refractivity contribution >= 4 is 5.69 Å². The highest BCUT2D eigenvalue weighted by Crippen LogP contribution is 2.13. The molecule has 1 rings (SSSR count). The molecule has 1 nitrogen and oxygen atoms in total. The monoisotopic (exact) mass is 187 g/mol. The summed E-state index contributed by atoms with van der Waals surface area (Å²) < 4.78 is 0. The molecule has 1 aromatic rings. The summed E-state index contributed by atoms with van der Waals surface area (Å²) in [6.45, 7) is 3.12. The van der Waals surface area contributed by atoms with Gasteiger partial charge in [-0.25, -0.2) is 0 Å². The molecular weight excluding hydrogens is 170 g/mol. The Morgan fingerprint density at radius 2 is 1.93 bits per heavy atom. The van der Waals surface area contributed by atoms with Gasteiger partial charge in [-0.15, -0.1) is 12.3 Å². The van der Waals surface area contributed by atoms with E-state index in [0.717, 1.165) is 19.4 Å². The Kier molecular flexibility index (Phi) is 4.07. The van der Waals surface area contributed by atoms with Crippen LogP contribution >= 0.6 is 0 Å². The number of terminal acetylenes is 1. The van der Waals surface area contributed by atoms with E-state index in [0.29, 0.717) is 0 Å². The van der Waals surface area contributed by atoms with Crippen molar-refractivity contribution in [2.24, 2.45) is 0 Å². The Morgan fingerprint density at radius 1 is 1.29 bits per heavy atom. The molecule has 0 N–H and O–H groups in total. The zero-order valence-electron chi connectivity index (χ0n) is 8.96. The number of hydrogen-bond donors (Lipinski definition) is 0. The summed E-state index contributed by atoms with van der Waals surface area (Å²) in [6, 6.07) is 8.55. The number of aryl methyl sites for hydroxylation is 1. The number of rotatable bonds is 4. The zero-order chi connectivity index (χ0) is 10.4. The Hall–Kier alpha value is -1.42. The molecule has 0 spiro atoms. The normalized spacial score (nSPS) is 9.50. The van der Waals surface area contributed by atoms with Crippen LogP contribution in [0.2, 0.25) is 0 Å². The summed E-state index contributed by atoms with van der Waals surface area (Å²) in [5, 5.41) is 0. The molecule has 0 heterocycles. The lowest BCUT2D eigenvalue weighted by Crippen LogP contribution is -2.18. The molecule has 0 aliphatic carbocycles. The largest absolute Gasteiger partial charge is 0.375 e. The van der Waals surface area contributed by atoms with Crippen molar-refractivity contribution in [2.75, 3.05) is 18.5 Å². The molecule has 0 aliphatic heterocycles. The van der Waals surface area contributed by atoms with E-state index in [1.807, 2.05) is 0 Å². The highest BCUT2D eigenvalue weighted by atomic mass is 15.1. The van der Waals surface area contributed by atoms with E-state index in [-0.39, 0.29) is 0 Å². The summed E-state index contributed by atoms with van der Waals surface area (Å²) in [5.41, 5.74) is 2.55. The molecule has 0 saturated heterocycles. The van der Waals surface area contributed by atoms with Gasteiger partial charge in [-0.3, -0.25) is 0 Å². The lowest BCUT2D eigenvalue weighted by molar-refractivity contribution is 0.811. The first kappa shape index (κ1) is 10.7. The predicted molar refractivity (Wildman–Crippen MR) is 62.5 cm³/mol. The first-order chi connectivity index (χ1) is 6.74. The first-order valence-corrected chi connectivity index (χ1v) is 4.95. The van der Waals surface area contributed by atoms with Gasteiger partial charge in [0.15, 0.2) is 0 Å². The van der Waals surface area contributed by atoms with Crippen LogP contribution in [-0.4, -0.2) is 13.6 Å². The topological polar surface area (TPSA) is 3.24 Å². The van der Waals surface area contributed by atoms with Crippen molar-refractivity contribution < 1.29 is 0 Å². The molecule has 0 amide bonds. The third kappa shape index (κ3) is 3.14. The molecule has 1 heteroatoms. The molecule has 0 aromatic heterocycles. The minimum Gasteiger partial charge on any atom is -0.375 e. The fourth-order valence-electron chi connectivity index (χ4n) is 1.35. The Balaban J connectivity index is 2.48. The van der Waals surface area contributed by atoms with Crippen LogP contribution in [0.5, 0.6) is 0 Å². The summed E-state index contributed by atoms with van der Waals surface area (Å²) in [4.78, 5) is 2.23. The third-order valence-corrected chi connectivity index (χ3v) is 2.29. The lowest BCUT2D eigenvalue weighted by atomic mass is 10.2. The SMILES string of the molecule is C#CCCCN(C)c1ccc(C)cc1. The predicted octanol–water partition coefficient (Wildman–Crippen LogP) is 2.84. The molecule has 0 atom stereocenters. The van der Waals surface area contributed by atoms with Crippen LogP contribution in [0, 0.1) is 19.3 Å². The number of nitrogens with zero attached hydrogens (tertiary/aromatic N) is 1. The molecule has 0 aliphatic rings. The van der Waals surface area contributed by atoms with Crippen LogP contribution in [0.1, 0.15) is 18.4 Å². The maximum atomic E-state index is 5.20. The van der Waals surface area contributed by atoms with Crippen molar-refractivity contribution in [1.29, 1.82) is 0 Å². The van der Waals surface area contributed by atoms with Gasteiger partial charge in [0.05, 0.1) is 0 Å². The van der Waals surface area contributed by atoms with Gasteiger partial charge in [-0.2, -0.15) is 0 Å². The molecule has 74 valence electrons. The molecular formula is C13H17N. The van der Waals surface area contributed by atoms with Gasteiger partial charge in [0, 0.05) is 25.7 Å². The van der Waals surface area contributed by atoms with Crippen molar-refractivity contribution in [3.05, 3.63) is 29.8 Å². The molecule has 0 saturated carbocycles. The zero-order valence-corrected chi connectivity index (χ0v) is 8.96. The molecule has 0 radical (unpaired) electrons. The van der Waals surface area contributed by atoms with Crippen LogP contribution in [0.3, 0.4) is 0 Å². The minimum atomic E-state index is 0.857. The first-order valence-electron chi connectivity index (χ1n) is 4.95. The lowest BCUT2D eigenvalue weighted by Gasteiger charge is -2.18. The third-order valence-electron chi connectivity index (χ3n) is 2.29. The van der Waals surface area contributed by atoms with Crippen LogP contribution in [0.15, 0.2) is 24.3 Å². The number of unbranched alkanes of at least 4 members (excludes halogenated alkanes) is 1. The van der Waals surface area contributed by atoms with E-state index in [1.165, 1.54) is 11.3 Å². The van der Waals surface area contributed by atoms with Crippen molar-refractivity contribution in [3.8, 4) is 12.3 Å². The molecule has 14 heavy (non-hydrogen) atoms. The van der Waals surface area contributed by atoms with E-state index in [1.54, 1.807) is 0 Å². The van der Waals surface area contributed by atoms with Crippen LogP contribution < -0.4 is 4.90 Å². The fraction of sp³-hybridized carbons (Fsp3) is 0.385. The van der Waals surface area contributed by atoms with E-state index in [9.17, 15) is 0 Å². The van der Waals surface area contributed by atoms with Gasteiger partial charge in [0.1, 0.15) is 0 Å². The second-order valence-electron chi connectivity index (χ2n) is 3.56. The highest BCUT2D eigenvalue weighted by molar-refractivity contribution is 5.46. The average Bonchev–Trinajstić information content (AvgIpc) is 2.19. The summed E-state index contributed by atoms with van der Waals surface area (Å²) in [5.74, 6) is 2.66. The number of hydrogen-bond acceptors (Lipinski definition) is 1. The van der Waals surface area contributed by atoms with E-state index >= 15 is 0 Å². The van der Waals surface area contributed by atoms with Gasteiger partial charge >= 0.3 is 0 Å². The molecule has 0 bridgehead atoms. The average molecular weight is 187 g/mol. The summed E-state index contributed by atoms with van der Waals surface area (Å²) >= 11 is 0. The number of benzene rings is 1. The summed E-state index contributed by atoms with van der Waals surface area (Å²) in [7, 11) is 2.10. The van der Waals surface area contributed by atoms with Gasteiger partial charge < -0.3 is 4.90 Å². The van der Waals surface area contributed by atoms with Crippen molar-refractivity contribution in [1.82, 2.24) is 0 Å². The molecule has 1 aromatic carbocycles. The maximum Gasteiger partial charge on any atom is 0.0363 e. The van der Waals surface area contributed by atoms with Crippen molar-refractivity contribution in [3.63, 3.8) is 0 Å². The van der Waals surface area contributed by atoms with Crippen LogP contribution in [-0.2, 0) is 0 Å². The number of anilines is 1. The Bertz CT molecular complexity index is 305. The molecule has 0 fully saturated rings. The second kappa shape index (κ2) is 5.34. The quantitative estimate of drug-likeness (QED) is 0.517. The molecule has 0 unspecified atom stereocenters. The standard InChI is InChI=1S/C13H17N/c1-4-5-6-11-14(3)13-9-7-12(2)8-10-13/h1,7-10H,5-6,11H2,2-3H3. The van der Waals surface area contributed by atoms with Crippen LogP contribution in [0.25, 0.3) is 0 Å². The van der Waals surface area contributed by atoms with E-state index in [4.69, 9.17) is 6.42 Å².